The maximum absolute atomic E-state index is 11.4. The molecular weight excluding hydrogens is 217 g/mol. The zero-order valence-electron chi connectivity index (χ0n) is 4.52. The van der Waals surface area contributed by atoms with Crippen LogP contribution in [0.4, 0.5) is 13.2 Å². The SMILES string of the molecule is FC(F)(F)COC1(Br)N=N1. The second kappa shape index (κ2) is 2.16. The molecule has 0 radical (unpaired) electrons. The summed E-state index contributed by atoms with van der Waals surface area (Å²) >= 11 is 2.69. The van der Waals surface area contributed by atoms with Crippen molar-refractivity contribution in [3.05, 3.63) is 0 Å². The van der Waals surface area contributed by atoms with Gasteiger partial charge in [-0.25, -0.2) is 0 Å². The summed E-state index contributed by atoms with van der Waals surface area (Å²) in [5.41, 5.74) is 0. The molecule has 1 aliphatic rings. The maximum atomic E-state index is 11.4. The van der Waals surface area contributed by atoms with E-state index >= 15 is 0 Å². The normalized spacial score (nSPS) is 21.2. The third-order valence-corrected chi connectivity index (χ3v) is 1.22. The Balaban J connectivity index is 2.17. The third-order valence-electron chi connectivity index (χ3n) is 0.677. The topological polar surface area (TPSA) is 34.0 Å². The largest absolute Gasteiger partial charge is 0.412 e. The number of halogens is 4. The average Bonchev–Trinajstić information content (AvgIpc) is 2.43. The molecule has 0 aliphatic carbocycles. The molecular formula is C3H2BrF3N2O. The fraction of sp³-hybridized carbons (Fsp3) is 1.00. The summed E-state index contributed by atoms with van der Waals surface area (Å²) in [5, 5.41) is 6.31. The van der Waals surface area contributed by atoms with E-state index in [2.05, 4.69) is 30.9 Å². The third kappa shape index (κ3) is 2.61. The van der Waals surface area contributed by atoms with Crippen LogP contribution in [-0.2, 0) is 4.74 Å². The van der Waals surface area contributed by atoms with E-state index in [1.54, 1.807) is 0 Å². The Hall–Kier alpha value is -0.170. The number of rotatable bonds is 2. The van der Waals surface area contributed by atoms with E-state index in [1.807, 2.05) is 0 Å². The minimum absolute atomic E-state index is 1.34. The zero-order valence-corrected chi connectivity index (χ0v) is 6.11. The predicted octanol–water partition coefficient (Wildman–Crippen LogP) is 2.04. The molecule has 0 aromatic rings. The number of nitrogens with zero attached hydrogens (tertiary/aromatic N) is 2. The molecule has 0 fully saturated rings. The Morgan fingerprint density at radius 3 is 2.20 bits per heavy atom. The molecule has 0 amide bonds. The summed E-state index contributed by atoms with van der Waals surface area (Å²) in [6.45, 7) is -1.34. The lowest BCUT2D eigenvalue weighted by Gasteiger charge is -2.07. The van der Waals surface area contributed by atoms with E-state index in [9.17, 15) is 13.2 Å². The number of ether oxygens (including phenoxy) is 1. The highest BCUT2D eigenvalue weighted by Crippen LogP contribution is 2.37. The van der Waals surface area contributed by atoms with Gasteiger partial charge >= 0.3 is 10.9 Å². The van der Waals surface area contributed by atoms with Crippen LogP contribution < -0.4 is 0 Å². The summed E-state index contributed by atoms with van der Waals surface area (Å²) in [7, 11) is 0. The van der Waals surface area contributed by atoms with Crippen molar-refractivity contribution in [2.45, 2.75) is 10.9 Å². The van der Waals surface area contributed by atoms with Crippen molar-refractivity contribution in [1.82, 2.24) is 0 Å². The van der Waals surface area contributed by atoms with E-state index in [1.165, 1.54) is 0 Å². The van der Waals surface area contributed by atoms with Crippen molar-refractivity contribution in [3.8, 4) is 0 Å². The molecule has 58 valence electrons. The minimum atomic E-state index is -4.32. The summed E-state index contributed by atoms with van der Waals surface area (Å²) in [6.07, 6.45) is -4.32. The van der Waals surface area contributed by atoms with Gasteiger partial charge in [0, 0.05) is 15.9 Å². The highest BCUT2D eigenvalue weighted by atomic mass is 79.9. The average molecular weight is 219 g/mol. The fourth-order valence-electron chi connectivity index (χ4n) is 0.271. The molecule has 3 nitrogen and oxygen atoms in total. The molecule has 0 N–H and O–H groups in total. The van der Waals surface area contributed by atoms with Gasteiger partial charge in [0.1, 0.15) is 6.61 Å². The van der Waals surface area contributed by atoms with Crippen LogP contribution in [0.5, 0.6) is 0 Å². The van der Waals surface area contributed by atoms with E-state index in [0.29, 0.717) is 0 Å². The van der Waals surface area contributed by atoms with Crippen molar-refractivity contribution in [1.29, 1.82) is 0 Å². The van der Waals surface area contributed by atoms with Crippen LogP contribution in [0.15, 0.2) is 10.2 Å². The maximum Gasteiger partial charge on any atom is 0.412 e. The summed E-state index contributed by atoms with van der Waals surface area (Å²) in [4.78, 5) is 0. The van der Waals surface area contributed by atoms with Gasteiger partial charge in [-0.1, -0.05) is 0 Å². The van der Waals surface area contributed by atoms with Crippen molar-refractivity contribution in [3.63, 3.8) is 0 Å². The first-order valence-electron chi connectivity index (χ1n) is 2.25. The monoisotopic (exact) mass is 218 g/mol. The lowest BCUT2D eigenvalue weighted by molar-refractivity contribution is -0.180. The van der Waals surface area contributed by atoms with Gasteiger partial charge < -0.3 is 4.74 Å². The zero-order chi connectivity index (χ0) is 7.83. The summed E-state index contributed by atoms with van der Waals surface area (Å²) < 4.78 is 36.9. The van der Waals surface area contributed by atoms with Crippen LogP contribution in [0.1, 0.15) is 0 Å². The second-order valence-corrected chi connectivity index (χ2v) is 2.67. The highest BCUT2D eigenvalue weighted by molar-refractivity contribution is 9.10. The Labute approximate surface area is 62.4 Å². The van der Waals surface area contributed by atoms with Crippen molar-refractivity contribution < 1.29 is 17.9 Å². The first kappa shape index (κ1) is 7.93. The van der Waals surface area contributed by atoms with Crippen LogP contribution in [0.3, 0.4) is 0 Å². The number of hydrogen-bond donors (Lipinski definition) is 0. The second-order valence-electron chi connectivity index (χ2n) is 1.63. The minimum Gasteiger partial charge on any atom is -0.315 e. The van der Waals surface area contributed by atoms with E-state index < -0.39 is 17.5 Å². The molecule has 0 atom stereocenters. The van der Waals surface area contributed by atoms with Crippen molar-refractivity contribution in [2.24, 2.45) is 10.2 Å². The lowest BCUT2D eigenvalue weighted by Crippen LogP contribution is -2.21. The molecule has 1 rings (SSSR count). The first-order chi connectivity index (χ1) is 4.41. The van der Waals surface area contributed by atoms with Gasteiger partial charge in [-0.05, 0) is 0 Å². The van der Waals surface area contributed by atoms with Gasteiger partial charge in [0.2, 0.25) is 0 Å². The molecule has 0 unspecified atom stereocenters. The van der Waals surface area contributed by atoms with Gasteiger partial charge in [-0.15, -0.1) is 10.2 Å². The highest BCUT2D eigenvalue weighted by Gasteiger charge is 2.42. The summed E-state index contributed by atoms with van der Waals surface area (Å²) in [6, 6.07) is 0. The van der Waals surface area contributed by atoms with Crippen LogP contribution in [0.25, 0.3) is 0 Å². The van der Waals surface area contributed by atoms with E-state index in [4.69, 9.17) is 0 Å². The van der Waals surface area contributed by atoms with Crippen LogP contribution in [0.2, 0.25) is 0 Å². The Kier molecular flexibility index (Phi) is 1.71. The quantitative estimate of drug-likeness (QED) is 0.516. The molecule has 1 aliphatic heterocycles. The molecule has 7 heteroatoms. The number of alkyl halides is 4. The van der Waals surface area contributed by atoms with Gasteiger partial charge in [0.15, 0.2) is 0 Å². The van der Waals surface area contributed by atoms with Gasteiger partial charge in [-0.3, -0.25) is 0 Å². The Morgan fingerprint density at radius 2 is 1.90 bits per heavy atom. The molecule has 0 bridgehead atoms. The molecule has 0 aromatic heterocycles. The molecule has 0 spiro atoms. The summed E-state index contributed by atoms with van der Waals surface area (Å²) in [5.74, 6) is 0. The first-order valence-corrected chi connectivity index (χ1v) is 3.04. The van der Waals surface area contributed by atoms with E-state index in [0.717, 1.165) is 0 Å². The van der Waals surface area contributed by atoms with Crippen molar-refractivity contribution in [2.75, 3.05) is 6.61 Å². The molecule has 0 saturated carbocycles. The Bertz CT molecular complexity index is 156. The fourth-order valence-corrected chi connectivity index (χ4v) is 0.464. The van der Waals surface area contributed by atoms with Gasteiger partial charge in [-0.2, -0.15) is 13.2 Å². The smallest absolute Gasteiger partial charge is 0.315 e. The predicted molar refractivity (Wildman–Crippen MR) is 28.5 cm³/mol. The van der Waals surface area contributed by atoms with Gasteiger partial charge in [0.05, 0.1) is 0 Å². The molecule has 1 heterocycles. The van der Waals surface area contributed by atoms with E-state index in [-0.39, 0.29) is 0 Å². The molecule has 10 heavy (non-hydrogen) atoms. The van der Waals surface area contributed by atoms with Crippen LogP contribution in [0, 0.1) is 0 Å². The number of hydrogen-bond acceptors (Lipinski definition) is 3. The molecule has 0 aromatic carbocycles. The Morgan fingerprint density at radius 1 is 1.40 bits per heavy atom. The standard InChI is InChI=1S/C3H2BrF3N2O/c4-3(8-9-3)10-1-2(5,6)7/h1H2. The van der Waals surface area contributed by atoms with Gasteiger partial charge in [0.25, 0.3) is 0 Å². The lowest BCUT2D eigenvalue weighted by atomic mass is 10.7. The van der Waals surface area contributed by atoms with Crippen LogP contribution in [-0.4, -0.2) is 17.5 Å². The molecule has 0 saturated heterocycles. The van der Waals surface area contributed by atoms with Crippen molar-refractivity contribution >= 4 is 15.9 Å². The van der Waals surface area contributed by atoms with Crippen LogP contribution >= 0.6 is 15.9 Å².